The maximum absolute atomic E-state index is 6.85. The van der Waals surface area contributed by atoms with Crippen LogP contribution in [0.2, 0.25) is 0 Å². The standard InChI is InChI=1S/C9H10/c1-2-6-9-7-4-3-5-8-9/h2-5,7-8H,1,6H2/i1D2. The summed E-state index contributed by atoms with van der Waals surface area (Å²) in [6.45, 7) is -0.117. The topological polar surface area (TPSA) is 0 Å². The van der Waals surface area contributed by atoms with Gasteiger partial charge in [-0.3, -0.25) is 0 Å². The molecule has 0 spiro atoms. The largest absolute Gasteiger partial charge is 0.103 e. The van der Waals surface area contributed by atoms with Gasteiger partial charge in [0.05, 0.1) is 2.74 Å². The van der Waals surface area contributed by atoms with Crippen LogP contribution < -0.4 is 0 Å². The molecule has 0 aliphatic heterocycles. The molecule has 0 saturated carbocycles. The fourth-order valence-electron chi connectivity index (χ4n) is 0.732. The quantitative estimate of drug-likeness (QED) is 0.526. The lowest BCUT2D eigenvalue weighted by molar-refractivity contribution is 1.28. The molecular formula is C9H10. The highest BCUT2D eigenvalue weighted by atomic mass is 13.9. The summed E-state index contributed by atoms with van der Waals surface area (Å²) in [4.78, 5) is 0. The highest BCUT2D eigenvalue weighted by Crippen LogP contribution is 1.98. The minimum atomic E-state index is -0.117. The molecule has 0 fully saturated rings. The number of rotatable bonds is 2. The average molecular weight is 120 g/mol. The molecule has 0 aliphatic carbocycles. The lowest BCUT2D eigenvalue weighted by atomic mass is 10.2. The zero-order chi connectivity index (χ0) is 8.10. The third-order valence-corrected chi connectivity index (χ3v) is 1.18. The van der Waals surface area contributed by atoms with Crippen LogP contribution in [0.15, 0.2) is 42.9 Å². The van der Waals surface area contributed by atoms with Crippen LogP contribution in [0.4, 0.5) is 0 Å². The van der Waals surface area contributed by atoms with Gasteiger partial charge in [-0.2, -0.15) is 0 Å². The van der Waals surface area contributed by atoms with Gasteiger partial charge in [0, 0.05) is 0 Å². The van der Waals surface area contributed by atoms with E-state index in [1.807, 2.05) is 30.3 Å². The van der Waals surface area contributed by atoms with Crippen molar-refractivity contribution in [3.8, 4) is 0 Å². The molecule has 0 aliphatic rings. The van der Waals surface area contributed by atoms with Crippen molar-refractivity contribution in [2.75, 3.05) is 0 Å². The van der Waals surface area contributed by atoms with Gasteiger partial charge in [0.25, 0.3) is 0 Å². The molecule has 0 atom stereocenters. The fraction of sp³-hybridized carbons (Fsp3) is 0.111. The molecule has 0 heteroatoms. The van der Waals surface area contributed by atoms with Crippen molar-refractivity contribution in [1.82, 2.24) is 0 Å². The molecule has 1 aromatic rings. The summed E-state index contributed by atoms with van der Waals surface area (Å²) in [5.41, 5.74) is 1.14. The van der Waals surface area contributed by atoms with Crippen LogP contribution in [0.5, 0.6) is 0 Å². The highest BCUT2D eigenvalue weighted by Gasteiger charge is 1.82. The first-order valence-corrected chi connectivity index (χ1v) is 2.96. The van der Waals surface area contributed by atoms with Crippen molar-refractivity contribution in [2.24, 2.45) is 0 Å². The molecule has 0 N–H and O–H groups in total. The van der Waals surface area contributed by atoms with Crippen molar-refractivity contribution in [3.63, 3.8) is 0 Å². The Bertz CT molecular complexity index is 235. The van der Waals surface area contributed by atoms with Crippen LogP contribution in [-0.4, -0.2) is 0 Å². The molecule has 0 heterocycles. The minimum Gasteiger partial charge on any atom is -0.103 e. The Kier molecular flexibility index (Phi) is 1.33. The summed E-state index contributed by atoms with van der Waals surface area (Å²) in [6, 6.07) is 9.84. The van der Waals surface area contributed by atoms with E-state index in [-0.39, 0.29) is 6.53 Å². The van der Waals surface area contributed by atoms with E-state index in [1.54, 1.807) is 6.08 Å². The van der Waals surface area contributed by atoms with Crippen molar-refractivity contribution in [3.05, 3.63) is 48.5 Å². The lowest BCUT2D eigenvalue weighted by Crippen LogP contribution is -1.75. The molecule has 0 unspecified atom stereocenters. The smallest absolute Gasteiger partial charge is 0.0535 e. The molecule has 0 saturated heterocycles. The van der Waals surface area contributed by atoms with Gasteiger partial charge in [0.15, 0.2) is 0 Å². The fourth-order valence-corrected chi connectivity index (χ4v) is 0.732. The van der Waals surface area contributed by atoms with Crippen LogP contribution in [0.1, 0.15) is 8.30 Å². The summed E-state index contributed by atoms with van der Waals surface area (Å²) in [7, 11) is 0. The van der Waals surface area contributed by atoms with Crippen LogP contribution >= 0.6 is 0 Å². The Morgan fingerprint density at radius 2 is 2.22 bits per heavy atom. The maximum atomic E-state index is 6.85. The van der Waals surface area contributed by atoms with Crippen LogP contribution in [0.3, 0.4) is 0 Å². The SMILES string of the molecule is [2H]C([2H])=CCc1ccccc1. The molecule has 0 radical (unpaired) electrons. The maximum Gasteiger partial charge on any atom is 0.0535 e. The molecule has 46 valence electrons. The number of hydrogen-bond acceptors (Lipinski definition) is 0. The second kappa shape index (κ2) is 3.08. The van der Waals surface area contributed by atoms with E-state index >= 15 is 0 Å². The van der Waals surface area contributed by atoms with Gasteiger partial charge in [-0.05, 0) is 12.0 Å². The number of hydrogen-bond donors (Lipinski definition) is 0. The second-order valence-corrected chi connectivity index (χ2v) is 1.89. The predicted molar refractivity (Wildman–Crippen MR) is 40.3 cm³/mol. The Balaban J connectivity index is 2.59. The Hall–Kier alpha value is -1.04. The van der Waals surface area contributed by atoms with Crippen molar-refractivity contribution in [2.45, 2.75) is 6.42 Å². The van der Waals surface area contributed by atoms with Crippen LogP contribution in [-0.2, 0) is 6.42 Å². The van der Waals surface area contributed by atoms with E-state index in [1.165, 1.54) is 0 Å². The van der Waals surface area contributed by atoms with Gasteiger partial charge >= 0.3 is 0 Å². The molecule has 0 amide bonds. The third-order valence-electron chi connectivity index (χ3n) is 1.18. The third kappa shape index (κ3) is 1.73. The van der Waals surface area contributed by atoms with Gasteiger partial charge in [-0.15, -0.1) is 6.53 Å². The molecular weight excluding hydrogens is 108 g/mol. The van der Waals surface area contributed by atoms with Crippen molar-refractivity contribution in [1.29, 1.82) is 0 Å². The average Bonchev–Trinajstić information content (AvgIpc) is 2.03. The summed E-state index contributed by atoms with van der Waals surface area (Å²) in [6.07, 6.45) is 2.26. The summed E-state index contributed by atoms with van der Waals surface area (Å²) in [5.74, 6) is 0. The zero-order valence-corrected chi connectivity index (χ0v) is 5.17. The van der Waals surface area contributed by atoms with Crippen LogP contribution in [0, 0.1) is 0 Å². The van der Waals surface area contributed by atoms with Gasteiger partial charge < -0.3 is 0 Å². The molecule has 1 aromatic carbocycles. The van der Waals surface area contributed by atoms with Gasteiger partial charge in [0.1, 0.15) is 0 Å². The van der Waals surface area contributed by atoms with Crippen LogP contribution in [0.25, 0.3) is 0 Å². The van der Waals surface area contributed by atoms with Gasteiger partial charge in [-0.25, -0.2) is 0 Å². The van der Waals surface area contributed by atoms with Gasteiger partial charge in [0.2, 0.25) is 0 Å². The van der Waals surface area contributed by atoms with E-state index in [9.17, 15) is 0 Å². The normalized spacial score (nSPS) is 11.6. The van der Waals surface area contributed by atoms with E-state index in [2.05, 4.69) is 0 Å². The zero-order valence-electron chi connectivity index (χ0n) is 7.17. The molecule has 0 aromatic heterocycles. The van der Waals surface area contributed by atoms with Gasteiger partial charge in [-0.1, -0.05) is 36.4 Å². The summed E-state index contributed by atoms with van der Waals surface area (Å²) >= 11 is 0. The number of benzene rings is 1. The molecule has 9 heavy (non-hydrogen) atoms. The summed E-state index contributed by atoms with van der Waals surface area (Å²) < 4.78 is 13.7. The Morgan fingerprint density at radius 1 is 1.44 bits per heavy atom. The first-order valence-electron chi connectivity index (χ1n) is 3.96. The first kappa shape index (κ1) is 3.89. The van der Waals surface area contributed by atoms with Crippen molar-refractivity contribution < 1.29 is 2.74 Å². The summed E-state index contributed by atoms with van der Waals surface area (Å²) in [5, 5.41) is 0. The number of allylic oxidation sites excluding steroid dienone is 1. The van der Waals surface area contributed by atoms with E-state index < -0.39 is 0 Å². The van der Waals surface area contributed by atoms with Crippen molar-refractivity contribution >= 4 is 0 Å². The molecule has 1 rings (SSSR count). The molecule has 0 bridgehead atoms. The van der Waals surface area contributed by atoms with E-state index in [0.717, 1.165) is 5.56 Å². The lowest BCUT2D eigenvalue weighted by Gasteiger charge is -1.91. The monoisotopic (exact) mass is 120 g/mol. The highest BCUT2D eigenvalue weighted by molar-refractivity contribution is 5.16. The minimum absolute atomic E-state index is 0.117. The Morgan fingerprint density at radius 3 is 2.89 bits per heavy atom. The first-order chi connectivity index (χ1) is 5.29. The second-order valence-electron chi connectivity index (χ2n) is 1.89. The Labute approximate surface area is 58.6 Å². The molecule has 0 nitrogen and oxygen atoms in total. The van der Waals surface area contributed by atoms with E-state index in [4.69, 9.17) is 2.74 Å². The predicted octanol–water partition coefficient (Wildman–Crippen LogP) is 2.42. The van der Waals surface area contributed by atoms with E-state index in [0.29, 0.717) is 6.42 Å².